The highest BCUT2D eigenvalue weighted by Crippen LogP contribution is 2.27. The third-order valence-corrected chi connectivity index (χ3v) is 3.18. The molecule has 0 amide bonds. The second kappa shape index (κ2) is 4.67. The van der Waals surface area contributed by atoms with Crippen molar-refractivity contribution in [3.8, 4) is 0 Å². The quantitative estimate of drug-likeness (QED) is 0.795. The molecule has 2 rings (SSSR count). The first-order chi connectivity index (χ1) is 7.28. The molecule has 2 unspecified atom stereocenters. The number of benzene rings is 1. The minimum Gasteiger partial charge on any atom is -0.392 e. The van der Waals surface area contributed by atoms with Crippen molar-refractivity contribution in [2.24, 2.45) is 5.92 Å². The van der Waals surface area contributed by atoms with E-state index in [1.165, 1.54) is 19.3 Å². The molecule has 0 bridgehead atoms. The van der Waals surface area contributed by atoms with E-state index in [4.69, 9.17) is 5.11 Å². The lowest BCUT2D eigenvalue weighted by Gasteiger charge is -2.14. The van der Waals surface area contributed by atoms with E-state index in [1.54, 1.807) is 0 Å². The summed E-state index contributed by atoms with van der Waals surface area (Å²) in [5.41, 5.74) is 2.12. The van der Waals surface area contributed by atoms with Crippen LogP contribution in [0.1, 0.15) is 31.7 Å². The number of anilines is 1. The lowest BCUT2D eigenvalue weighted by atomic mass is 10.1. The fourth-order valence-corrected chi connectivity index (χ4v) is 2.33. The summed E-state index contributed by atoms with van der Waals surface area (Å²) in [6.45, 7) is 2.43. The predicted molar refractivity (Wildman–Crippen MR) is 62.8 cm³/mol. The molecule has 0 radical (unpaired) electrons. The van der Waals surface area contributed by atoms with Gasteiger partial charge in [0.2, 0.25) is 0 Å². The van der Waals surface area contributed by atoms with Crippen molar-refractivity contribution in [3.05, 3.63) is 29.8 Å². The standard InChI is InChI=1S/C13H19NO/c1-10-5-6-13(7-10)14-12-4-2-3-11(8-12)9-15/h2-4,8,10,13-15H,5-7,9H2,1H3. The smallest absolute Gasteiger partial charge is 0.0682 e. The second-order valence-corrected chi connectivity index (χ2v) is 4.62. The van der Waals surface area contributed by atoms with Gasteiger partial charge in [0.15, 0.2) is 0 Å². The number of nitrogens with one attached hydrogen (secondary N) is 1. The Labute approximate surface area is 91.3 Å². The molecular formula is C13H19NO. The highest BCUT2D eigenvalue weighted by molar-refractivity contribution is 5.46. The van der Waals surface area contributed by atoms with Gasteiger partial charge in [-0.1, -0.05) is 19.1 Å². The lowest BCUT2D eigenvalue weighted by molar-refractivity contribution is 0.282. The number of aliphatic hydroxyl groups excluding tert-OH is 1. The second-order valence-electron chi connectivity index (χ2n) is 4.62. The van der Waals surface area contributed by atoms with Gasteiger partial charge in [-0.05, 0) is 42.9 Å². The van der Waals surface area contributed by atoms with Crippen LogP contribution in [0.5, 0.6) is 0 Å². The minimum absolute atomic E-state index is 0.122. The largest absolute Gasteiger partial charge is 0.392 e. The number of hydrogen-bond acceptors (Lipinski definition) is 2. The summed E-state index contributed by atoms with van der Waals surface area (Å²) in [5.74, 6) is 0.850. The molecule has 2 atom stereocenters. The van der Waals surface area contributed by atoms with E-state index in [2.05, 4.69) is 18.3 Å². The van der Waals surface area contributed by atoms with Gasteiger partial charge in [-0.15, -0.1) is 0 Å². The van der Waals surface area contributed by atoms with E-state index in [-0.39, 0.29) is 6.61 Å². The molecule has 2 nitrogen and oxygen atoms in total. The summed E-state index contributed by atoms with van der Waals surface area (Å²) < 4.78 is 0. The van der Waals surface area contributed by atoms with Gasteiger partial charge in [0.05, 0.1) is 6.61 Å². The van der Waals surface area contributed by atoms with Crippen molar-refractivity contribution in [1.29, 1.82) is 0 Å². The first kappa shape index (κ1) is 10.5. The summed E-state index contributed by atoms with van der Waals surface area (Å²) in [6.07, 6.45) is 3.87. The van der Waals surface area contributed by atoms with E-state index in [1.807, 2.05) is 18.2 Å². The molecule has 1 saturated carbocycles. The van der Waals surface area contributed by atoms with Gasteiger partial charge in [0.25, 0.3) is 0 Å². The van der Waals surface area contributed by atoms with E-state index < -0.39 is 0 Å². The van der Waals surface area contributed by atoms with Crippen molar-refractivity contribution in [1.82, 2.24) is 0 Å². The molecule has 2 heteroatoms. The molecule has 0 aromatic heterocycles. The van der Waals surface area contributed by atoms with E-state index in [0.717, 1.165) is 17.2 Å². The Balaban J connectivity index is 1.98. The Morgan fingerprint density at radius 3 is 2.93 bits per heavy atom. The van der Waals surface area contributed by atoms with Crippen LogP contribution in [0.15, 0.2) is 24.3 Å². The molecule has 0 aliphatic heterocycles. The van der Waals surface area contributed by atoms with Crippen LogP contribution < -0.4 is 5.32 Å². The molecular weight excluding hydrogens is 186 g/mol. The summed E-state index contributed by atoms with van der Waals surface area (Å²) in [6, 6.07) is 8.66. The first-order valence-electron chi connectivity index (χ1n) is 5.74. The summed E-state index contributed by atoms with van der Waals surface area (Å²) in [4.78, 5) is 0. The zero-order valence-corrected chi connectivity index (χ0v) is 9.24. The van der Waals surface area contributed by atoms with Gasteiger partial charge in [-0.25, -0.2) is 0 Å². The predicted octanol–water partition coefficient (Wildman–Crippen LogP) is 2.78. The maximum atomic E-state index is 9.04. The minimum atomic E-state index is 0.122. The zero-order chi connectivity index (χ0) is 10.7. The van der Waals surface area contributed by atoms with Gasteiger partial charge in [0, 0.05) is 11.7 Å². The van der Waals surface area contributed by atoms with Gasteiger partial charge in [-0.2, -0.15) is 0 Å². The summed E-state index contributed by atoms with van der Waals surface area (Å²) >= 11 is 0. The molecule has 1 aliphatic rings. The highest BCUT2D eigenvalue weighted by atomic mass is 16.3. The Morgan fingerprint density at radius 1 is 1.40 bits per heavy atom. The molecule has 0 saturated heterocycles. The van der Waals surface area contributed by atoms with Gasteiger partial charge in [0.1, 0.15) is 0 Å². The Hall–Kier alpha value is -1.02. The van der Waals surface area contributed by atoms with E-state index in [0.29, 0.717) is 6.04 Å². The number of aliphatic hydroxyl groups is 1. The molecule has 1 aromatic carbocycles. The van der Waals surface area contributed by atoms with E-state index >= 15 is 0 Å². The molecule has 0 heterocycles. The molecule has 82 valence electrons. The van der Waals surface area contributed by atoms with Crippen LogP contribution in [-0.4, -0.2) is 11.1 Å². The number of hydrogen-bond donors (Lipinski definition) is 2. The Bertz CT molecular complexity index is 324. The first-order valence-corrected chi connectivity index (χ1v) is 5.74. The lowest BCUT2D eigenvalue weighted by Crippen LogP contribution is -2.15. The highest BCUT2D eigenvalue weighted by Gasteiger charge is 2.20. The maximum Gasteiger partial charge on any atom is 0.0682 e. The van der Waals surface area contributed by atoms with Crippen molar-refractivity contribution in [3.63, 3.8) is 0 Å². The van der Waals surface area contributed by atoms with Gasteiger partial charge < -0.3 is 10.4 Å². The topological polar surface area (TPSA) is 32.3 Å². The fourth-order valence-electron chi connectivity index (χ4n) is 2.33. The van der Waals surface area contributed by atoms with Gasteiger partial charge >= 0.3 is 0 Å². The van der Waals surface area contributed by atoms with Crippen molar-refractivity contribution in [2.45, 2.75) is 38.8 Å². The summed E-state index contributed by atoms with van der Waals surface area (Å²) in [7, 11) is 0. The fraction of sp³-hybridized carbons (Fsp3) is 0.538. The Morgan fingerprint density at radius 2 is 2.27 bits per heavy atom. The van der Waals surface area contributed by atoms with Crippen LogP contribution in [0.25, 0.3) is 0 Å². The molecule has 0 spiro atoms. The SMILES string of the molecule is CC1CCC(Nc2cccc(CO)c2)C1. The third kappa shape index (κ3) is 2.72. The number of rotatable bonds is 3. The van der Waals surface area contributed by atoms with Gasteiger partial charge in [-0.3, -0.25) is 0 Å². The zero-order valence-electron chi connectivity index (χ0n) is 9.24. The molecule has 15 heavy (non-hydrogen) atoms. The monoisotopic (exact) mass is 205 g/mol. The van der Waals surface area contributed by atoms with Crippen molar-refractivity contribution >= 4 is 5.69 Å². The van der Waals surface area contributed by atoms with Crippen LogP contribution in [-0.2, 0) is 6.61 Å². The average molecular weight is 205 g/mol. The maximum absolute atomic E-state index is 9.04. The van der Waals surface area contributed by atoms with Crippen molar-refractivity contribution in [2.75, 3.05) is 5.32 Å². The summed E-state index contributed by atoms with van der Waals surface area (Å²) in [5, 5.41) is 12.6. The van der Waals surface area contributed by atoms with Crippen molar-refractivity contribution < 1.29 is 5.11 Å². The molecule has 1 fully saturated rings. The third-order valence-electron chi connectivity index (χ3n) is 3.18. The Kier molecular flexibility index (Phi) is 3.27. The van der Waals surface area contributed by atoms with Crippen LogP contribution in [0.2, 0.25) is 0 Å². The molecule has 1 aromatic rings. The van der Waals surface area contributed by atoms with Crippen LogP contribution >= 0.6 is 0 Å². The molecule has 2 N–H and O–H groups in total. The van der Waals surface area contributed by atoms with Crippen LogP contribution in [0, 0.1) is 5.92 Å². The normalized spacial score (nSPS) is 25.5. The van der Waals surface area contributed by atoms with E-state index in [9.17, 15) is 0 Å². The average Bonchev–Trinajstić information content (AvgIpc) is 2.64. The van der Waals surface area contributed by atoms with Crippen LogP contribution in [0.4, 0.5) is 5.69 Å². The van der Waals surface area contributed by atoms with Crippen LogP contribution in [0.3, 0.4) is 0 Å². The molecule has 1 aliphatic carbocycles.